The Morgan fingerprint density at radius 2 is 0.918 bits per heavy atom. The number of aliphatic carboxylic acids is 2. The van der Waals surface area contributed by atoms with Crippen molar-refractivity contribution in [2.24, 2.45) is 11.8 Å². The van der Waals surface area contributed by atoms with Crippen molar-refractivity contribution in [3.05, 3.63) is 115 Å². The third-order valence-electron chi connectivity index (χ3n) is 11.5. The first-order chi connectivity index (χ1) is 29.1. The lowest BCUT2D eigenvalue weighted by atomic mass is 9.90. The van der Waals surface area contributed by atoms with Crippen molar-refractivity contribution in [3.63, 3.8) is 0 Å². The first-order valence-corrected chi connectivity index (χ1v) is 22.7. The zero-order valence-electron chi connectivity index (χ0n) is 34.4. The fourth-order valence-electron chi connectivity index (χ4n) is 7.98. The Hall–Kier alpha value is -4.25. The number of piperidine rings is 2. The minimum Gasteiger partial charge on any atom is -0.481 e. The highest BCUT2D eigenvalue weighted by Gasteiger charge is 2.29. The van der Waals surface area contributed by atoms with Gasteiger partial charge in [0.05, 0.1) is 31.9 Å². The maximum Gasteiger partial charge on any atom is 0.306 e. The van der Waals surface area contributed by atoms with E-state index in [4.69, 9.17) is 46.4 Å². The molecule has 61 heavy (non-hydrogen) atoms. The summed E-state index contributed by atoms with van der Waals surface area (Å²) in [6.07, 6.45) is 7.87. The zero-order valence-corrected chi connectivity index (χ0v) is 38.2. The fraction of sp³-hybridized carbons (Fsp3) is 0.333. The van der Waals surface area contributed by atoms with Crippen LogP contribution in [0.3, 0.4) is 0 Å². The third kappa shape index (κ3) is 10.5. The van der Waals surface area contributed by atoms with Crippen LogP contribution in [-0.4, -0.2) is 69.9 Å². The molecule has 2 aliphatic rings. The molecule has 0 radical (unpaired) electrons. The quantitative estimate of drug-likeness (QED) is 0.136. The van der Waals surface area contributed by atoms with Gasteiger partial charge in [-0.1, -0.05) is 134 Å². The first kappa shape index (κ1) is 46.3. The average molecular weight is 923 g/mol. The Kier molecular flexibility index (Phi) is 15.4. The Balaban J connectivity index is 1.43. The van der Waals surface area contributed by atoms with Gasteiger partial charge >= 0.3 is 11.9 Å². The summed E-state index contributed by atoms with van der Waals surface area (Å²) in [5, 5.41) is 19.9. The number of carbonyl (C=O) groups excluding carboxylic acids is 2. The van der Waals surface area contributed by atoms with Crippen LogP contribution in [0, 0.1) is 11.8 Å². The van der Waals surface area contributed by atoms with Gasteiger partial charge in [0.1, 0.15) is 0 Å². The number of nitrogens with zero attached hydrogens (tertiary/aromatic N) is 2. The van der Waals surface area contributed by atoms with Crippen LogP contribution < -0.4 is 0 Å². The summed E-state index contributed by atoms with van der Waals surface area (Å²) in [5.41, 5.74) is 6.61. The Morgan fingerprint density at radius 1 is 0.574 bits per heavy atom. The predicted molar refractivity (Wildman–Crippen MR) is 248 cm³/mol. The van der Waals surface area contributed by atoms with E-state index in [1.807, 2.05) is 48.5 Å². The summed E-state index contributed by atoms with van der Waals surface area (Å²) in [4.78, 5) is 54.4. The predicted octanol–water partition coefficient (Wildman–Crippen LogP) is 12.7. The number of rotatable bonds is 12. The maximum absolute atomic E-state index is 13.4. The standard InChI is InChI=1S/C48H48Cl4N2O6S/c1-27(2)31-9-5-7-11-33(31)37-25-39(45(51)43(49)35(37)13-15-41(55)53-21-17-29(18-22-53)47(57)58)61-40-26-38(34-12-8-6-10-32(34)28(3)4)36(44(50)46(40)52)14-16-42(56)54-23-19-30(20-24-54)48(59)60/h5-16,25-30H,17-24H2,1-4H3,(H,57,58)(H,59,60)/b15-13+,16-14+. The molecule has 0 spiro atoms. The molecule has 0 atom stereocenters. The van der Waals surface area contributed by atoms with Crippen LogP contribution in [-0.2, 0) is 19.2 Å². The van der Waals surface area contributed by atoms with Crippen molar-refractivity contribution in [1.29, 1.82) is 0 Å². The number of hydrogen-bond acceptors (Lipinski definition) is 5. The summed E-state index contributed by atoms with van der Waals surface area (Å²) < 4.78 is 0. The van der Waals surface area contributed by atoms with Crippen LogP contribution in [0.5, 0.6) is 0 Å². The van der Waals surface area contributed by atoms with Crippen LogP contribution in [0.1, 0.15) is 87.5 Å². The van der Waals surface area contributed by atoms with Gasteiger partial charge in [0, 0.05) is 59.2 Å². The molecule has 0 unspecified atom stereocenters. The number of hydrogen-bond donors (Lipinski definition) is 2. The molecule has 320 valence electrons. The van der Waals surface area contributed by atoms with Crippen LogP contribution in [0.4, 0.5) is 0 Å². The zero-order chi connectivity index (χ0) is 44.1. The molecule has 0 aliphatic carbocycles. The van der Waals surface area contributed by atoms with Gasteiger partial charge in [-0.3, -0.25) is 19.2 Å². The Bertz CT molecular complexity index is 2230. The van der Waals surface area contributed by atoms with Gasteiger partial charge in [0.15, 0.2) is 0 Å². The van der Waals surface area contributed by atoms with Crippen molar-refractivity contribution in [2.75, 3.05) is 26.2 Å². The van der Waals surface area contributed by atoms with E-state index < -0.39 is 23.8 Å². The molecule has 2 amide bonds. The lowest BCUT2D eigenvalue weighted by Gasteiger charge is -2.29. The minimum atomic E-state index is -0.844. The molecule has 2 saturated heterocycles. The second-order valence-electron chi connectivity index (χ2n) is 16.1. The number of carboxylic acids is 2. The van der Waals surface area contributed by atoms with Gasteiger partial charge in [0.25, 0.3) is 0 Å². The molecule has 2 heterocycles. The van der Waals surface area contributed by atoms with E-state index in [-0.39, 0.29) is 43.7 Å². The molecule has 0 aromatic heterocycles. The largest absolute Gasteiger partial charge is 0.481 e. The second kappa shape index (κ2) is 20.3. The summed E-state index contributed by atoms with van der Waals surface area (Å²) in [5.74, 6) is -2.81. The number of likely N-dealkylation sites (tertiary alicyclic amines) is 2. The smallest absolute Gasteiger partial charge is 0.306 e. The normalized spacial score (nSPS) is 15.4. The van der Waals surface area contributed by atoms with E-state index in [9.17, 15) is 29.4 Å². The molecule has 2 N–H and O–H groups in total. The summed E-state index contributed by atoms with van der Waals surface area (Å²) >= 11 is 30.0. The number of carboxylic acid groups (broad SMARTS) is 2. The van der Waals surface area contributed by atoms with E-state index in [0.29, 0.717) is 72.8 Å². The Labute approximate surface area is 381 Å². The first-order valence-electron chi connectivity index (χ1n) is 20.4. The van der Waals surface area contributed by atoms with Crippen LogP contribution in [0.2, 0.25) is 20.1 Å². The minimum absolute atomic E-state index is 0.150. The number of amides is 2. The van der Waals surface area contributed by atoms with E-state index >= 15 is 0 Å². The lowest BCUT2D eigenvalue weighted by molar-refractivity contribution is -0.145. The van der Waals surface area contributed by atoms with Crippen molar-refractivity contribution >= 4 is 94.1 Å². The van der Waals surface area contributed by atoms with Crippen molar-refractivity contribution in [3.8, 4) is 22.3 Å². The molecular weight excluding hydrogens is 874 g/mol. The van der Waals surface area contributed by atoms with E-state index in [1.54, 1.807) is 22.0 Å². The molecule has 0 bridgehead atoms. The van der Waals surface area contributed by atoms with Gasteiger partial charge in [-0.05, 0) is 95.2 Å². The monoisotopic (exact) mass is 920 g/mol. The van der Waals surface area contributed by atoms with Gasteiger partial charge < -0.3 is 20.0 Å². The average Bonchev–Trinajstić information content (AvgIpc) is 3.25. The molecule has 2 fully saturated rings. The van der Waals surface area contributed by atoms with Gasteiger partial charge in [0.2, 0.25) is 11.8 Å². The molecule has 4 aromatic carbocycles. The van der Waals surface area contributed by atoms with Crippen molar-refractivity contribution < 1.29 is 29.4 Å². The topological polar surface area (TPSA) is 115 Å². The molecule has 4 aromatic rings. The fourth-order valence-corrected chi connectivity index (χ4v) is 10.1. The number of halogens is 4. The Morgan fingerprint density at radius 3 is 1.25 bits per heavy atom. The summed E-state index contributed by atoms with van der Waals surface area (Å²) in [7, 11) is 0. The lowest BCUT2D eigenvalue weighted by Crippen LogP contribution is -2.39. The van der Waals surface area contributed by atoms with Crippen LogP contribution in [0.15, 0.2) is 82.6 Å². The molecule has 2 aliphatic heterocycles. The SMILES string of the molecule is CC(C)c1ccccc1-c1cc(Sc2cc(-c3ccccc3C(C)C)c(/C=C/C(=O)N3CCC(C(=O)O)CC3)c(Cl)c2Cl)c(Cl)c(Cl)c1/C=C/C(=O)N1CCC(C(=O)O)CC1. The summed E-state index contributed by atoms with van der Waals surface area (Å²) in [6.45, 7) is 9.81. The van der Waals surface area contributed by atoms with Crippen LogP contribution in [0.25, 0.3) is 34.4 Å². The number of carbonyl (C=O) groups is 4. The van der Waals surface area contributed by atoms with E-state index in [2.05, 4.69) is 39.8 Å². The molecule has 8 nitrogen and oxygen atoms in total. The summed E-state index contributed by atoms with van der Waals surface area (Å²) in [6, 6.07) is 19.9. The molecule has 6 rings (SSSR count). The number of benzene rings is 4. The van der Waals surface area contributed by atoms with Crippen molar-refractivity contribution in [2.45, 2.75) is 75.0 Å². The second-order valence-corrected chi connectivity index (χ2v) is 18.7. The highest BCUT2D eigenvalue weighted by Crippen LogP contribution is 2.50. The maximum atomic E-state index is 13.4. The van der Waals surface area contributed by atoms with Gasteiger partial charge in [-0.2, -0.15) is 0 Å². The van der Waals surface area contributed by atoms with E-state index in [0.717, 1.165) is 33.4 Å². The molecule has 13 heteroatoms. The van der Waals surface area contributed by atoms with Gasteiger partial charge in [-0.25, -0.2) is 0 Å². The van der Waals surface area contributed by atoms with E-state index in [1.165, 1.54) is 23.9 Å². The molecular formula is C48H48Cl4N2O6S. The highest BCUT2D eigenvalue weighted by molar-refractivity contribution is 7.99. The van der Waals surface area contributed by atoms with Gasteiger partial charge in [-0.15, -0.1) is 0 Å². The van der Waals surface area contributed by atoms with Crippen molar-refractivity contribution in [1.82, 2.24) is 9.80 Å². The molecule has 0 saturated carbocycles. The third-order valence-corrected chi connectivity index (χ3v) is 14.6. The highest BCUT2D eigenvalue weighted by atomic mass is 35.5. The van der Waals surface area contributed by atoms with Crippen LogP contribution >= 0.6 is 58.2 Å².